The molecule has 0 atom stereocenters. The molecule has 27 heavy (non-hydrogen) atoms. The van der Waals surface area contributed by atoms with E-state index in [2.05, 4.69) is 88.0 Å². The van der Waals surface area contributed by atoms with E-state index in [0.717, 1.165) is 50.8 Å². The number of nitrogens with zero attached hydrogens (tertiary/aromatic N) is 2. The third-order valence-corrected chi connectivity index (χ3v) is 6.54. The molecule has 144 valence electrons. The van der Waals surface area contributed by atoms with Crippen molar-refractivity contribution >= 4 is 76.5 Å². The zero-order valence-electron chi connectivity index (χ0n) is 14.8. The number of nitrogens with one attached hydrogen (secondary N) is 1. The van der Waals surface area contributed by atoms with E-state index in [9.17, 15) is 5.11 Å². The molecule has 0 saturated carbocycles. The second-order valence-corrected chi connectivity index (χ2v) is 9.49. The highest BCUT2D eigenvalue weighted by atomic mass is 79.9. The van der Waals surface area contributed by atoms with E-state index >= 15 is 0 Å². The molecule has 2 N–H and O–H groups in total. The first-order valence-corrected chi connectivity index (χ1v) is 11.3. The second-order valence-electron chi connectivity index (χ2n) is 6.41. The maximum Gasteiger partial charge on any atom is 0.173 e. The van der Waals surface area contributed by atoms with E-state index in [1.165, 1.54) is 11.3 Å². The summed E-state index contributed by atoms with van der Waals surface area (Å²) in [6.07, 6.45) is 0. The molecular formula is C19H20Br3N3OS. The highest BCUT2D eigenvalue weighted by Gasteiger charge is 2.21. The molecule has 1 heterocycles. The van der Waals surface area contributed by atoms with Gasteiger partial charge in [0.25, 0.3) is 0 Å². The second kappa shape index (κ2) is 9.22. The number of rotatable bonds is 3. The van der Waals surface area contributed by atoms with E-state index in [-0.39, 0.29) is 6.61 Å². The highest BCUT2D eigenvalue weighted by molar-refractivity contribution is 9.11. The predicted octanol–water partition coefficient (Wildman–Crippen LogP) is 5.29. The van der Waals surface area contributed by atoms with Gasteiger partial charge in [-0.1, -0.05) is 31.9 Å². The molecule has 0 aliphatic carbocycles. The molecule has 1 aliphatic heterocycles. The Hall–Kier alpha value is -0.670. The van der Waals surface area contributed by atoms with Crippen LogP contribution in [-0.4, -0.2) is 41.3 Å². The first-order valence-electron chi connectivity index (χ1n) is 8.55. The number of aryl methyl sites for hydroxylation is 1. The van der Waals surface area contributed by atoms with Crippen molar-refractivity contribution in [2.75, 3.05) is 36.4 Å². The topological polar surface area (TPSA) is 38.7 Å². The molecule has 2 aromatic carbocycles. The molecule has 2 aromatic rings. The van der Waals surface area contributed by atoms with Crippen molar-refractivity contribution in [3.63, 3.8) is 0 Å². The normalized spacial score (nSPS) is 14.4. The summed E-state index contributed by atoms with van der Waals surface area (Å²) in [6.45, 7) is 5.62. The summed E-state index contributed by atoms with van der Waals surface area (Å²) in [6, 6.07) is 10.2. The van der Waals surface area contributed by atoms with Crippen molar-refractivity contribution in [2.24, 2.45) is 0 Å². The average molecular weight is 578 g/mol. The first kappa shape index (κ1) is 21.0. The summed E-state index contributed by atoms with van der Waals surface area (Å²) in [5, 5.41) is 13.6. The van der Waals surface area contributed by atoms with Crippen molar-refractivity contribution in [2.45, 2.75) is 13.5 Å². The summed E-state index contributed by atoms with van der Waals surface area (Å²) in [7, 11) is 0. The van der Waals surface area contributed by atoms with Gasteiger partial charge < -0.3 is 20.2 Å². The van der Waals surface area contributed by atoms with Gasteiger partial charge in [0.05, 0.1) is 12.3 Å². The van der Waals surface area contributed by atoms with Gasteiger partial charge in [-0.2, -0.15) is 0 Å². The number of thiocarbonyl (C=S) groups is 1. The minimum atomic E-state index is -0.0559. The third-order valence-electron chi connectivity index (χ3n) is 4.61. The Balaban J connectivity index is 1.65. The number of aliphatic hydroxyl groups excluding tert-OH is 1. The summed E-state index contributed by atoms with van der Waals surface area (Å²) in [5.41, 5.74) is 4.15. The molecule has 3 rings (SSSR count). The van der Waals surface area contributed by atoms with Crippen LogP contribution in [0.5, 0.6) is 0 Å². The molecule has 4 nitrogen and oxygen atoms in total. The van der Waals surface area contributed by atoms with Crippen LogP contribution in [0.4, 0.5) is 11.4 Å². The van der Waals surface area contributed by atoms with Crippen LogP contribution in [0, 0.1) is 6.92 Å². The molecule has 0 unspecified atom stereocenters. The quantitative estimate of drug-likeness (QED) is 0.485. The lowest BCUT2D eigenvalue weighted by Crippen LogP contribution is -2.50. The summed E-state index contributed by atoms with van der Waals surface area (Å²) in [4.78, 5) is 4.57. The zero-order chi connectivity index (χ0) is 19.6. The van der Waals surface area contributed by atoms with Crippen LogP contribution in [0.25, 0.3) is 0 Å². The number of halogens is 3. The van der Waals surface area contributed by atoms with Crippen molar-refractivity contribution < 1.29 is 5.11 Å². The number of anilines is 2. The van der Waals surface area contributed by atoms with Gasteiger partial charge in [0.1, 0.15) is 0 Å². The first-order chi connectivity index (χ1) is 12.9. The monoisotopic (exact) mass is 575 g/mol. The van der Waals surface area contributed by atoms with Gasteiger partial charge in [-0.15, -0.1) is 0 Å². The smallest absolute Gasteiger partial charge is 0.173 e. The molecule has 1 saturated heterocycles. The Morgan fingerprint density at radius 1 is 1.07 bits per heavy atom. The maximum absolute atomic E-state index is 9.65. The number of hydrogen-bond donors (Lipinski definition) is 2. The van der Waals surface area contributed by atoms with Gasteiger partial charge in [0.15, 0.2) is 5.11 Å². The Morgan fingerprint density at radius 2 is 1.78 bits per heavy atom. The Kier molecular flexibility index (Phi) is 7.19. The van der Waals surface area contributed by atoms with E-state index in [1.54, 1.807) is 0 Å². The number of aliphatic hydroxyl groups is 1. The molecule has 0 radical (unpaired) electrons. The lowest BCUT2D eigenvalue weighted by Gasteiger charge is -2.38. The zero-order valence-corrected chi connectivity index (χ0v) is 20.4. The number of benzene rings is 2. The summed E-state index contributed by atoms with van der Waals surface area (Å²) >= 11 is 16.2. The van der Waals surface area contributed by atoms with Crippen molar-refractivity contribution in [3.8, 4) is 0 Å². The fourth-order valence-corrected chi connectivity index (χ4v) is 5.37. The molecule has 1 fully saturated rings. The van der Waals surface area contributed by atoms with E-state index in [4.69, 9.17) is 12.2 Å². The molecule has 0 amide bonds. The van der Waals surface area contributed by atoms with Crippen LogP contribution in [-0.2, 0) is 6.61 Å². The van der Waals surface area contributed by atoms with Crippen LogP contribution in [0.15, 0.2) is 43.7 Å². The maximum atomic E-state index is 9.65. The fraction of sp³-hybridized carbons (Fsp3) is 0.316. The van der Waals surface area contributed by atoms with Gasteiger partial charge in [-0.25, -0.2) is 0 Å². The molecule has 0 spiro atoms. The summed E-state index contributed by atoms with van der Waals surface area (Å²) < 4.78 is 2.88. The van der Waals surface area contributed by atoms with Crippen LogP contribution in [0.2, 0.25) is 0 Å². The van der Waals surface area contributed by atoms with Crippen LogP contribution >= 0.6 is 60.0 Å². The third kappa shape index (κ3) is 5.03. The van der Waals surface area contributed by atoms with Gasteiger partial charge in [-0.05, 0) is 71.0 Å². The van der Waals surface area contributed by atoms with Crippen molar-refractivity contribution in [3.05, 3.63) is 54.9 Å². The van der Waals surface area contributed by atoms with Crippen molar-refractivity contribution in [1.29, 1.82) is 0 Å². The fourth-order valence-electron chi connectivity index (χ4n) is 3.20. The Labute approximate surface area is 190 Å². The molecule has 0 aromatic heterocycles. The summed E-state index contributed by atoms with van der Waals surface area (Å²) in [5.74, 6) is 0. The lowest BCUT2D eigenvalue weighted by atomic mass is 10.1. The van der Waals surface area contributed by atoms with Gasteiger partial charge in [-0.3, -0.25) is 0 Å². The van der Waals surface area contributed by atoms with Crippen LogP contribution in [0.3, 0.4) is 0 Å². The Bertz CT molecular complexity index is 854. The van der Waals surface area contributed by atoms with Gasteiger partial charge >= 0.3 is 0 Å². The standard InChI is InChI=1S/C19H20Br3N3OS/c1-12-8-14(20)2-3-17(12)24-4-6-25(7-5-24)19(27)23-18-13(11-26)9-15(21)10-16(18)22/h2-3,8-10,26H,4-7,11H2,1H3,(H,23,27). The van der Waals surface area contributed by atoms with Gasteiger partial charge in [0.2, 0.25) is 0 Å². The highest BCUT2D eigenvalue weighted by Crippen LogP contribution is 2.31. The van der Waals surface area contributed by atoms with E-state index in [0.29, 0.717) is 5.11 Å². The number of hydrogen-bond acceptors (Lipinski definition) is 3. The van der Waals surface area contributed by atoms with Crippen LogP contribution < -0.4 is 10.2 Å². The lowest BCUT2D eigenvalue weighted by molar-refractivity contribution is 0.282. The van der Waals surface area contributed by atoms with Crippen molar-refractivity contribution in [1.82, 2.24) is 4.90 Å². The Morgan fingerprint density at radius 3 is 2.41 bits per heavy atom. The van der Waals surface area contributed by atoms with E-state index in [1.807, 2.05) is 12.1 Å². The average Bonchev–Trinajstić information content (AvgIpc) is 2.63. The van der Waals surface area contributed by atoms with Crippen LogP contribution in [0.1, 0.15) is 11.1 Å². The molecule has 0 bridgehead atoms. The largest absolute Gasteiger partial charge is 0.392 e. The predicted molar refractivity (Wildman–Crippen MR) is 127 cm³/mol. The minimum Gasteiger partial charge on any atom is -0.392 e. The molecular weight excluding hydrogens is 558 g/mol. The number of piperazine rings is 1. The SMILES string of the molecule is Cc1cc(Br)ccc1N1CCN(C(=S)Nc2c(Br)cc(Br)cc2CO)CC1. The van der Waals surface area contributed by atoms with Gasteiger partial charge in [0, 0.05) is 50.8 Å². The van der Waals surface area contributed by atoms with E-state index < -0.39 is 0 Å². The minimum absolute atomic E-state index is 0.0559. The molecule has 8 heteroatoms. The molecule has 1 aliphatic rings.